The number of methoxy groups -OCH3 is 1. The molecule has 27 heavy (non-hydrogen) atoms. The number of halogens is 1. The zero-order valence-electron chi connectivity index (χ0n) is 15.5. The number of aliphatic carboxylic acids is 1. The Morgan fingerprint density at radius 2 is 2.07 bits per heavy atom. The summed E-state index contributed by atoms with van der Waals surface area (Å²) in [6.07, 6.45) is 2.94. The molecule has 1 aromatic rings. The molecule has 0 unspecified atom stereocenters. The zero-order valence-corrected chi connectivity index (χ0v) is 15.5. The van der Waals surface area contributed by atoms with Crippen molar-refractivity contribution in [2.45, 2.75) is 25.8 Å². The molecule has 2 aliphatic heterocycles. The smallest absolute Gasteiger partial charge is 0.313 e. The summed E-state index contributed by atoms with van der Waals surface area (Å²) >= 11 is 0. The van der Waals surface area contributed by atoms with Crippen LogP contribution >= 0.6 is 0 Å². The third kappa shape index (κ3) is 3.08. The number of amides is 1. The highest BCUT2D eigenvalue weighted by Crippen LogP contribution is 2.44. The molecule has 146 valence electrons. The highest BCUT2D eigenvalue weighted by molar-refractivity contribution is 5.83. The molecule has 1 saturated carbocycles. The summed E-state index contributed by atoms with van der Waals surface area (Å²) in [5.41, 5.74) is -0.124. The molecular formula is C20H25FN2O4. The first-order valence-corrected chi connectivity index (χ1v) is 9.50. The molecule has 2 heterocycles. The second-order valence-electron chi connectivity index (χ2n) is 8.14. The molecule has 7 heteroatoms. The first-order valence-electron chi connectivity index (χ1n) is 9.50. The number of carbonyl (C=O) groups excluding carboxylic acids is 1. The van der Waals surface area contributed by atoms with Gasteiger partial charge in [0.2, 0.25) is 5.91 Å². The summed E-state index contributed by atoms with van der Waals surface area (Å²) in [6.45, 7) is 2.28. The van der Waals surface area contributed by atoms with E-state index in [0.29, 0.717) is 26.2 Å². The van der Waals surface area contributed by atoms with Crippen molar-refractivity contribution in [2.24, 2.45) is 17.3 Å². The van der Waals surface area contributed by atoms with Gasteiger partial charge in [-0.3, -0.25) is 14.5 Å². The summed E-state index contributed by atoms with van der Waals surface area (Å²) < 4.78 is 18.9. The van der Waals surface area contributed by atoms with Gasteiger partial charge in [-0.1, -0.05) is 12.5 Å². The molecule has 0 aromatic heterocycles. The summed E-state index contributed by atoms with van der Waals surface area (Å²) in [5.74, 6) is -0.918. The van der Waals surface area contributed by atoms with Gasteiger partial charge in [0.25, 0.3) is 0 Å². The highest BCUT2D eigenvalue weighted by atomic mass is 19.1. The molecule has 3 aliphatic rings. The molecule has 1 amide bonds. The summed E-state index contributed by atoms with van der Waals surface area (Å²) in [4.78, 5) is 28.5. The molecule has 1 aromatic carbocycles. The van der Waals surface area contributed by atoms with Crippen LogP contribution in [-0.4, -0.2) is 60.1 Å². The number of ether oxygens (including phenoxy) is 1. The molecule has 1 aliphatic carbocycles. The summed E-state index contributed by atoms with van der Waals surface area (Å²) in [7, 11) is 1.42. The predicted octanol–water partition coefficient (Wildman–Crippen LogP) is 1.98. The number of hydrogen-bond donors (Lipinski definition) is 1. The van der Waals surface area contributed by atoms with Crippen LogP contribution in [-0.2, 0) is 16.1 Å². The van der Waals surface area contributed by atoms with E-state index in [1.165, 1.54) is 13.2 Å². The number of likely N-dealkylation sites (tertiary alicyclic amines) is 2. The van der Waals surface area contributed by atoms with Crippen molar-refractivity contribution in [3.8, 4) is 5.75 Å². The minimum Gasteiger partial charge on any atom is -0.494 e. The van der Waals surface area contributed by atoms with Crippen molar-refractivity contribution in [2.75, 3.05) is 33.3 Å². The van der Waals surface area contributed by atoms with Crippen LogP contribution in [0.25, 0.3) is 0 Å². The van der Waals surface area contributed by atoms with Gasteiger partial charge in [0.15, 0.2) is 11.6 Å². The lowest BCUT2D eigenvalue weighted by molar-refractivity contribution is -0.149. The van der Waals surface area contributed by atoms with E-state index in [1.807, 2.05) is 0 Å². The van der Waals surface area contributed by atoms with Crippen LogP contribution in [0.1, 0.15) is 24.8 Å². The van der Waals surface area contributed by atoms with E-state index < -0.39 is 17.2 Å². The molecule has 2 atom stereocenters. The standard InChI is InChI=1S/C20H25FN2O4/c1-27-17-6-5-13(7-16(17)21)8-22-9-15-10-23(18(24)14-3-2-4-14)12-20(15,11-22)19(25)26/h5-7,14-15H,2-4,8-12H2,1H3,(H,25,26)/t15-,20-/m0/s1. The number of carbonyl (C=O) groups is 2. The maximum absolute atomic E-state index is 13.9. The Morgan fingerprint density at radius 3 is 2.63 bits per heavy atom. The van der Waals surface area contributed by atoms with Gasteiger partial charge in [-0.15, -0.1) is 0 Å². The van der Waals surface area contributed by atoms with Gasteiger partial charge in [0.1, 0.15) is 5.41 Å². The third-order valence-electron chi connectivity index (χ3n) is 6.49. The van der Waals surface area contributed by atoms with Gasteiger partial charge >= 0.3 is 5.97 Å². The number of hydrogen-bond acceptors (Lipinski definition) is 4. The Morgan fingerprint density at radius 1 is 1.30 bits per heavy atom. The average molecular weight is 376 g/mol. The van der Waals surface area contributed by atoms with E-state index in [1.54, 1.807) is 17.0 Å². The number of carboxylic acid groups (broad SMARTS) is 1. The topological polar surface area (TPSA) is 70.1 Å². The van der Waals surface area contributed by atoms with Gasteiger partial charge in [0, 0.05) is 44.6 Å². The highest BCUT2D eigenvalue weighted by Gasteiger charge is 2.58. The zero-order chi connectivity index (χ0) is 19.2. The second-order valence-corrected chi connectivity index (χ2v) is 8.14. The van der Waals surface area contributed by atoms with Gasteiger partial charge in [-0.2, -0.15) is 0 Å². The lowest BCUT2D eigenvalue weighted by atomic mass is 9.81. The minimum atomic E-state index is -0.912. The number of nitrogens with zero attached hydrogens (tertiary/aromatic N) is 2. The minimum absolute atomic E-state index is 0.0814. The summed E-state index contributed by atoms with van der Waals surface area (Å²) in [6, 6.07) is 4.83. The fraction of sp³-hybridized carbons (Fsp3) is 0.600. The van der Waals surface area contributed by atoms with E-state index in [4.69, 9.17) is 4.74 Å². The Hall–Kier alpha value is -2.15. The monoisotopic (exact) mass is 376 g/mol. The Kier molecular flexibility index (Phi) is 4.58. The number of fused-ring (bicyclic) bond motifs is 1. The van der Waals surface area contributed by atoms with Crippen LogP contribution in [0.3, 0.4) is 0 Å². The fourth-order valence-electron chi connectivity index (χ4n) is 4.74. The van der Waals surface area contributed by atoms with E-state index in [9.17, 15) is 19.1 Å². The fourth-order valence-corrected chi connectivity index (χ4v) is 4.74. The van der Waals surface area contributed by atoms with Crippen molar-refractivity contribution in [1.29, 1.82) is 0 Å². The maximum atomic E-state index is 13.9. The quantitative estimate of drug-likeness (QED) is 0.851. The van der Waals surface area contributed by atoms with Crippen molar-refractivity contribution < 1.29 is 23.8 Å². The van der Waals surface area contributed by atoms with Crippen LogP contribution in [0.2, 0.25) is 0 Å². The van der Waals surface area contributed by atoms with Gasteiger partial charge in [-0.25, -0.2) is 4.39 Å². The largest absolute Gasteiger partial charge is 0.494 e. The van der Waals surface area contributed by atoms with Crippen molar-refractivity contribution in [3.63, 3.8) is 0 Å². The van der Waals surface area contributed by atoms with Crippen molar-refractivity contribution in [3.05, 3.63) is 29.6 Å². The third-order valence-corrected chi connectivity index (χ3v) is 6.49. The second kappa shape index (κ2) is 6.78. The van der Waals surface area contributed by atoms with Crippen LogP contribution in [0.5, 0.6) is 5.75 Å². The van der Waals surface area contributed by atoms with Crippen molar-refractivity contribution in [1.82, 2.24) is 9.80 Å². The Balaban J connectivity index is 1.46. The first-order chi connectivity index (χ1) is 12.9. The molecule has 0 spiro atoms. The van der Waals surface area contributed by atoms with Crippen LogP contribution in [0.4, 0.5) is 4.39 Å². The number of carboxylic acids is 1. The lowest BCUT2D eigenvalue weighted by Gasteiger charge is -2.31. The molecule has 0 radical (unpaired) electrons. The molecule has 2 saturated heterocycles. The molecule has 0 bridgehead atoms. The lowest BCUT2D eigenvalue weighted by Crippen LogP contribution is -2.44. The van der Waals surface area contributed by atoms with E-state index in [-0.39, 0.29) is 30.0 Å². The van der Waals surface area contributed by atoms with Crippen LogP contribution in [0.15, 0.2) is 18.2 Å². The summed E-state index contributed by atoms with van der Waals surface area (Å²) in [5, 5.41) is 9.94. The molecule has 3 fully saturated rings. The molecular weight excluding hydrogens is 351 g/mol. The molecule has 4 rings (SSSR count). The molecule has 6 nitrogen and oxygen atoms in total. The van der Waals surface area contributed by atoms with Gasteiger partial charge < -0.3 is 14.7 Å². The normalized spacial score (nSPS) is 28.1. The van der Waals surface area contributed by atoms with E-state index in [2.05, 4.69) is 4.90 Å². The van der Waals surface area contributed by atoms with E-state index >= 15 is 0 Å². The van der Waals surface area contributed by atoms with Gasteiger partial charge in [-0.05, 0) is 30.5 Å². The Bertz CT molecular complexity index is 766. The van der Waals surface area contributed by atoms with Crippen molar-refractivity contribution >= 4 is 11.9 Å². The SMILES string of the molecule is COc1ccc(CN2C[C@H]3CN(C(=O)C4CCC4)C[C@@]3(C(=O)O)C2)cc1F. The molecule has 1 N–H and O–H groups in total. The first kappa shape index (κ1) is 18.2. The maximum Gasteiger partial charge on any atom is 0.313 e. The number of rotatable bonds is 5. The number of benzene rings is 1. The average Bonchev–Trinajstić information content (AvgIpc) is 3.08. The Labute approximate surface area is 157 Å². The van der Waals surface area contributed by atoms with Crippen LogP contribution in [0, 0.1) is 23.1 Å². The van der Waals surface area contributed by atoms with E-state index in [0.717, 1.165) is 24.8 Å². The van der Waals surface area contributed by atoms with Crippen LogP contribution < -0.4 is 4.74 Å². The van der Waals surface area contributed by atoms with Gasteiger partial charge in [0.05, 0.1) is 7.11 Å². The predicted molar refractivity (Wildman–Crippen MR) is 95.7 cm³/mol.